The third-order valence-corrected chi connectivity index (χ3v) is 2.91. The Morgan fingerprint density at radius 2 is 2.05 bits per heavy atom. The molecule has 1 aromatic heterocycles. The second kappa shape index (κ2) is 9.74. The summed E-state index contributed by atoms with van der Waals surface area (Å²) in [5, 5.41) is 11.7. The highest BCUT2D eigenvalue weighted by atomic mass is 16.5. The Hall–Kier alpha value is -2.11. The molecule has 1 aromatic rings. The van der Waals surface area contributed by atoms with Gasteiger partial charge in [-0.2, -0.15) is 0 Å². The van der Waals surface area contributed by atoms with Gasteiger partial charge in [0, 0.05) is 19.2 Å². The van der Waals surface area contributed by atoms with Crippen LogP contribution in [0.4, 0.5) is 5.82 Å². The number of anilines is 1. The summed E-state index contributed by atoms with van der Waals surface area (Å²) in [6, 6.07) is 3.38. The monoisotopic (exact) mass is 294 g/mol. The number of aliphatic carboxylic acids is 1. The van der Waals surface area contributed by atoms with Crippen molar-refractivity contribution >= 4 is 17.8 Å². The fourth-order valence-electron chi connectivity index (χ4n) is 1.88. The summed E-state index contributed by atoms with van der Waals surface area (Å²) in [5.74, 6) is -0.600. The standard InChI is InChI=1S/C15H22N2O4/c1-2-21-15(20)12-8-7-11-17-14(12)16-10-6-4-3-5-9-13(18)19/h7-8,11H,2-6,9-10H2,1H3,(H,16,17)(H,18,19). The minimum Gasteiger partial charge on any atom is -0.481 e. The molecular formula is C15H22N2O4. The molecule has 6 heteroatoms. The minimum absolute atomic E-state index is 0.223. The first-order valence-electron chi connectivity index (χ1n) is 7.23. The topological polar surface area (TPSA) is 88.5 Å². The zero-order valence-electron chi connectivity index (χ0n) is 12.3. The molecular weight excluding hydrogens is 272 g/mol. The van der Waals surface area contributed by atoms with E-state index in [-0.39, 0.29) is 12.4 Å². The number of carbonyl (C=O) groups is 2. The lowest BCUT2D eigenvalue weighted by atomic mass is 10.1. The van der Waals surface area contributed by atoms with Crippen molar-refractivity contribution in [3.05, 3.63) is 23.9 Å². The van der Waals surface area contributed by atoms with Crippen LogP contribution in [-0.4, -0.2) is 35.2 Å². The first-order valence-corrected chi connectivity index (χ1v) is 7.23. The quantitative estimate of drug-likeness (QED) is 0.509. The van der Waals surface area contributed by atoms with Crippen molar-refractivity contribution in [3.8, 4) is 0 Å². The van der Waals surface area contributed by atoms with Crippen molar-refractivity contribution in [2.75, 3.05) is 18.5 Å². The molecule has 0 amide bonds. The van der Waals surface area contributed by atoms with E-state index in [1.807, 2.05) is 0 Å². The van der Waals surface area contributed by atoms with Crippen molar-refractivity contribution in [1.29, 1.82) is 0 Å². The molecule has 0 aliphatic heterocycles. The number of carboxylic acids is 1. The van der Waals surface area contributed by atoms with E-state index in [0.29, 0.717) is 31.0 Å². The number of pyridine rings is 1. The highest BCUT2D eigenvalue weighted by molar-refractivity contribution is 5.94. The van der Waals surface area contributed by atoms with Crippen LogP contribution in [0.15, 0.2) is 18.3 Å². The van der Waals surface area contributed by atoms with Gasteiger partial charge in [0.05, 0.1) is 6.61 Å². The van der Waals surface area contributed by atoms with Crippen molar-refractivity contribution in [2.45, 2.75) is 39.0 Å². The van der Waals surface area contributed by atoms with Gasteiger partial charge in [0.25, 0.3) is 0 Å². The number of hydrogen-bond acceptors (Lipinski definition) is 5. The third-order valence-electron chi connectivity index (χ3n) is 2.91. The predicted octanol–water partition coefficient (Wildman–Crippen LogP) is 2.71. The summed E-state index contributed by atoms with van der Waals surface area (Å²) in [7, 11) is 0. The van der Waals surface area contributed by atoms with Gasteiger partial charge in [0.1, 0.15) is 11.4 Å². The van der Waals surface area contributed by atoms with E-state index >= 15 is 0 Å². The van der Waals surface area contributed by atoms with Crippen LogP contribution in [0, 0.1) is 0 Å². The van der Waals surface area contributed by atoms with Crippen LogP contribution in [0.2, 0.25) is 0 Å². The fourth-order valence-corrected chi connectivity index (χ4v) is 1.88. The molecule has 0 fully saturated rings. The van der Waals surface area contributed by atoms with Crippen LogP contribution in [0.5, 0.6) is 0 Å². The van der Waals surface area contributed by atoms with Gasteiger partial charge in [-0.15, -0.1) is 0 Å². The molecule has 116 valence electrons. The van der Waals surface area contributed by atoms with Gasteiger partial charge in [-0.3, -0.25) is 4.79 Å². The molecule has 2 N–H and O–H groups in total. The first kappa shape index (κ1) is 16.9. The summed E-state index contributed by atoms with van der Waals surface area (Å²) >= 11 is 0. The summed E-state index contributed by atoms with van der Waals surface area (Å²) in [4.78, 5) is 26.3. The predicted molar refractivity (Wildman–Crippen MR) is 79.4 cm³/mol. The summed E-state index contributed by atoms with van der Waals surface area (Å²) in [6.45, 7) is 2.78. The zero-order chi connectivity index (χ0) is 15.5. The Balaban J connectivity index is 2.32. The largest absolute Gasteiger partial charge is 0.481 e. The van der Waals surface area contributed by atoms with Crippen molar-refractivity contribution in [1.82, 2.24) is 4.98 Å². The number of aromatic nitrogens is 1. The van der Waals surface area contributed by atoms with E-state index in [1.54, 1.807) is 25.3 Å². The number of nitrogens with one attached hydrogen (secondary N) is 1. The van der Waals surface area contributed by atoms with Crippen LogP contribution in [0.25, 0.3) is 0 Å². The number of unbranched alkanes of at least 4 members (excludes halogenated alkanes) is 3. The van der Waals surface area contributed by atoms with E-state index in [1.165, 1.54) is 0 Å². The van der Waals surface area contributed by atoms with Crippen molar-refractivity contribution in [3.63, 3.8) is 0 Å². The number of hydrogen-bond donors (Lipinski definition) is 2. The second-order valence-corrected chi connectivity index (χ2v) is 4.60. The smallest absolute Gasteiger partial charge is 0.341 e. The molecule has 0 atom stereocenters. The molecule has 21 heavy (non-hydrogen) atoms. The molecule has 1 rings (SSSR count). The number of carboxylic acid groups (broad SMARTS) is 1. The molecule has 0 aliphatic carbocycles. The minimum atomic E-state index is -0.749. The lowest BCUT2D eigenvalue weighted by molar-refractivity contribution is -0.137. The highest BCUT2D eigenvalue weighted by Gasteiger charge is 2.12. The van der Waals surface area contributed by atoms with Gasteiger partial charge >= 0.3 is 11.9 Å². The number of esters is 1. The Kier molecular flexibility index (Phi) is 7.86. The third kappa shape index (κ3) is 6.74. The highest BCUT2D eigenvalue weighted by Crippen LogP contribution is 2.13. The Morgan fingerprint density at radius 1 is 1.29 bits per heavy atom. The molecule has 0 radical (unpaired) electrons. The molecule has 0 spiro atoms. The average Bonchev–Trinajstić information content (AvgIpc) is 2.46. The zero-order valence-corrected chi connectivity index (χ0v) is 12.3. The maximum Gasteiger partial charge on any atom is 0.341 e. The van der Waals surface area contributed by atoms with E-state index in [9.17, 15) is 9.59 Å². The van der Waals surface area contributed by atoms with Gasteiger partial charge in [0.15, 0.2) is 0 Å². The summed E-state index contributed by atoms with van der Waals surface area (Å²) in [6.07, 6.45) is 5.28. The Morgan fingerprint density at radius 3 is 2.76 bits per heavy atom. The summed E-state index contributed by atoms with van der Waals surface area (Å²) in [5.41, 5.74) is 0.435. The maximum atomic E-state index is 11.7. The fraction of sp³-hybridized carbons (Fsp3) is 0.533. The van der Waals surface area contributed by atoms with E-state index in [0.717, 1.165) is 19.3 Å². The number of nitrogens with zero attached hydrogens (tertiary/aromatic N) is 1. The maximum absolute atomic E-state index is 11.7. The Bertz CT molecular complexity index is 463. The van der Waals surface area contributed by atoms with Crippen LogP contribution in [0.1, 0.15) is 49.4 Å². The van der Waals surface area contributed by atoms with Crippen LogP contribution >= 0.6 is 0 Å². The second-order valence-electron chi connectivity index (χ2n) is 4.60. The van der Waals surface area contributed by atoms with E-state index in [2.05, 4.69) is 10.3 Å². The van der Waals surface area contributed by atoms with E-state index in [4.69, 9.17) is 9.84 Å². The van der Waals surface area contributed by atoms with E-state index < -0.39 is 5.97 Å². The first-order chi connectivity index (χ1) is 10.1. The Labute approximate surface area is 124 Å². The number of ether oxygens (including phenoxy) is 1. The van der Waals surface area contributed by atoms with Gasteiger partial charge in [-0.25, -0.2) is 9.78 Å². The van der Waals surface area contributed by atoms with Gasteiger partial charge in [0.2, 0.25) is 0 Å². The van der Waals surface area contributed by atoms with Crippen LogP contribution < -0.4 is 5.32 Å². The normalized spacial score (nSPS) is 10.1. The SMILES string of the molecule is CCOC(=O)c1cccnc1NCCCCCCC(=O)O. The molecule has 0 unspecified atom stereocenters. The van der Waals surface area contributed by atoms with Gasteiger partial charge < -0.3 is 15.2 Å². The molecule has 0 saturated heterocycles. The lowest BCUT2D eigenvalue weighted by Crippen LogP contribution is -2.12. The molecule has 6 nitrogen and oxygen atoms in total. The molecule has 0 aromatic carbocycles. The van der Waals surface area contributed by atoms with Gasteiger partial charge in [-0.05, 0) is 31.9 Å². The summed E-state index contributed by atoms with van der Waals surface area (Å²) < 4.78 is 4.98. The van der Waals surface area contributed by atoms with Crippen LogP contribution in [0.3, 0.4) is 0 Å². The molecule has 0 saturated carbocycles. The average molecular weight is 294 g/mol. The molecule has 1 heterocycles. The van der Waals surface area contributed by atoms with Gasteiger partial charge in [-0.1, -0.05) is 12.8 Å². The number of carbonyl (C=O) groups excluding carboxylic acids is 1. The molecule has 0 aliphatic rings. The lowest BCUT2D eigenvalue weighted by Gasteiger charge is -2.09. The van der Waals surface area contributed by atoms with Crippen molar-refractivity contribution < 1.29 is 19.4 Å². The number of rotatable bonds is 10. The van der Waals surface area contributed by atoms with Crippen molar-refractivity contribution in [2.24, 2.45) is 0 Å². The van der Waals surface area contributed by atoms with Crippen LogP contribution in [-0.2, 0) is 9.53 Å². The molecule has 0 bridgehead atoms.